The molecule has 0 aliphatic carbocycles. The molecule has 0 N–H and O–H groups in total. The lowest BCUT2D eigenvalue weighted by atomic mass is 10.0. The number of carbonyl (C=O) groups is 1. The molecule has 1 saturated heterocycles. The lowest BCUT2D eigenvalue weighted by molar-refractivity contribution is -0.127. The Bertz CT molecular complexity index is 1060. The standard InChI is InChI=1S/C23H27FN2O3S/c1-16-15-17(2)19(4)23(18(16)3)30(28,29)26-13-11-25(12-14-26)22(27)10-7-20-5-8-21(24)9-6-20/h5-10,15H,11-14H2,1-4H3/b10-7+. The minimum Gasteiger partial charge on any atom is -0.337 e. The van der Waals surface area contributed by atoms with Gasteiger partial charge in [0.1, 0.15) is 5.82 Å². The van der Waals surface area contributed by atoms with E-state index in [1.165, 1.54) is 22.5 Å². The number of halogens is 1. The highest BCUT2D eigenvalue weighted by Gasteiger charge is 2.32. The predicted octanol–water partition coefficient (Wildman–Crippen LogP) is 3.61. The van der Waals surface area contributed by atoms with Gasteiger partial charge in [0.25, 0.3) is 0 Å². The Morgan fingerprint density at radius 3 is 2.00 bits per heavy atom. The highest BCUT2D eigenvalue weighted by molar-refractivity contribution is 7.89. The molecule has 0 bridgehead atoms. The number of aryl methyl sites for hydroxylation is 2. The Morgan fingerprint density at radius 1 is 0.933 bits per heavy atom. The van der Waals surface area contributed by atoms with Crippen LogP contribution in [-0.4, -0.2) is 49.7 Å². The van der Waals surface area contributed by atoms with Crippen molar-refractivity contribution in [2.24, 2.45) is 0 Å². The zero-order valence-electron chi connectivity index (χ0n) is 17.8. The molecule has 1 heterocycles. The van der Waals surface area contributed by atoms with Crippen molar-refractivity contribution < 1.29 is 17.6 Å². The Morgan fingerprint density at radius 2 is 1.47 bits per heavy atom. The molecule has 0 saturated carbocycles. The van der Waals surface area contributed by atoms with Gasteiger partial charge in [-0.2, -0.15) is 4.31 Å². The number of hydrogen-bond donors (Lipinski definition) is 0. The molecule has 1 aliphatic heterocycles. The average Bonchev–Trinajstić information content (AvgIpc) is 2.72. The van der Waals surface area contributed by atoms with Gasteiger partial charge in [0.15, 0.2) is 0 Å². The molecule has 0 radical (unpaired) electrons. The van der Waals surface area contributed by atoms with Crippen LogP contribution >= 0.6 is 0 Å². The molecule has 0 unspecified atom stereocenters. The number of amides is 1. The van der Waals surface area contributed by atoms with Crippen molar-refractivity contribution in [2.75, 3.05) is 26.2 Å². The fraction of sp³-hybridized carbons (Fsp3) is 0.348. The van der Waals surface area contributed by atoms with E-state index < -0.39 is 10.0 Å². The third-order valence-corrected chi connectivity index (χ3v) is 7.91. The summed E-state index contributed by atoms with van der Waals surface area (Å²) in [6.07, 6.45) is 3.07. The van der Waals surface area contributed by atoms with Gasteiger partial charge in [-0.15, -0.1) is 0 Å². The van der Waals surface area contributed by atoms with E-state index in [0.717, 1.165) is 27.8 Å². The molecular weight excluding hydrogens is 403 g/mol. The zero-order valence-corrected chi connectivity index (χ0v) is 18.6. The second-order valence-electron chi connectivity index (χ2n) is 7.70. The average molecular weight is 431 g/mol. The molecule has 160 valence electrons. The van der Waals surface area contributed by atoms with Gasteiger partial charge in [-0.25, -0.2) is 12.8 Å². The first-order valence-electron chi connectivity index (χ1n) is 9.91. The normalized spacial score (nSPS) is 15.7. The maximum Gasteiger partial charge on any atom is 0.246 e. The number of hydrogen-bond acceptors (Lipinski definition) is 3. The summed E-state index contributed by atoms with van der Waals surface area (Å²) in [7, 11) is -3.64. The summed E-state index contributed by atoms with van der Waals surface area (Å²) in [6.45, 7) is 8.69. The van der Waals surface area contributed by atoms with Gasteiger partial charge < -0.3 is 4.90 Å². The third kappa shape index (κ3) is 4.47. The van der Waals surface area contributed by atoms with Crippen molar-refractivity contribution in [3.8, 4) is 0 Å². The van der Waals surface area contributed by atoms with Crippen LogP contribution in [0.25, 0.3) is 6.08 Å². The van der Waals surface area contributed by atoms with E-state index in [-0.39, 0.29) is 24.8 Å². The number of rotatable bonds is 4. The Balaban J connectivity index is 1.71. The number of nitrogens with zero attached hydrogens (tertiary/aromatic N) is 2. The molecule has 2 aromatic carbocycles. The van der Waals surface area contributed by atoms with Crippen LogP contribution in [0, 0.1) is 33.5 Å². The first-order chi connectivity index (χ1) is 14.1. The smallest absolute Gasteiger partial charge is 0.246 e. The summed E-state index contributed by atoms with van der Waals surface area (Å²) in [5.74, 6) is -0.514. The minimum absolute atomic E-state index is 0.185. The summed E-state index contributed by atoms with van der Waals surface area (Å²) in [6, 6.07) is 7.87. The van der Waals surface area contributed by atoms with Crippen LogP contribution in [0.2, 0.25) is 0 Å². The predicted molar refractivity (Wildman–Crippen MR) is 116 cm³/mol. The molecule has 0 aromatic heterocycles. The van der Waals surface area contributed by atoms with Crippen LogP contribution in [0.15, 0.2) is 41.3 Å². The largest absolute Gasteiger partial charge is 0.337 e. The fourth-order valence-corrected chi connectivity index (χ4v) is 5.69. The van der Waals surface area contributed by atoms with E-state index in [2.05, 4.69) is 0 Å². The highest BCUT2D eigenvalue weighted by Crippen LogP contribution is 2.29. The van der Waals surface area contributed by atoms with Crippen LogP contribution in [0.1, 0.15) is 27.8 Å². The van der Waals surface area contributed by atoms with E-state index >= 15 is 0 Å². The van der Waals surface area contributed by atoms with Crippen LogP contribution in [0.4, 0.5) is 4.39 Å². The van der Waals surface area contributed by atoms with Gasteiger partial charge in [-0.3, -0.25) is 4.79 Å². The van der Waals surface area contributed by atoms with Crippen LogP contribution in [0.3, 0.4) is 0 Å². The van der Waals surface area contributed by atoms with Crippen LogP contribution in [0.5, 0.6) is 0 Å². The Kier molecular flexibility index (Phi) is 6.43. The molecule has 30 heavy (non-hydrogen) atoms. The lowest BCUT2D eigenvalue weighted by Gasteiger charge is -2.34. The van der Waals surface area contributed by atoms with Crippen molar-refractivity contribution in [1.29, 1.82) is 0 Å². The Labute approximate surface area is 177 Å². The van der Waals surface area contributed by atoms with E-state index in [9.17, 15) is 17.6 Å². The number of piperazine rings is 1. The molecule has 0 atom stereocenters. The number of sulfonamides is 1. The van der Waals surface area contributed by atoms with Crippen molar-refractivity contribution in [2.45, 2.75) is 32.6 Å². The number of carbonyl (C=O) groups excluding carboxylic acids is 1. The first kappa shape index (κ1) is 22.2. The lowest BCUT2D eigenvalue weighted by Crippen LogP contribution is -2.50. The maximum absolute atomic E-state index is 13.3. The quantitative estimate of drug-likeness (QED) is 0.697. The van der Waals surface area contributed by atoms with Crippen molar-refractivity contribution in [3.05, 3.63) is 70.0 Å². The zero-order chi connectivity index (χ0) is 22.1. The maximum atomic E-state index is 13.3. The molecule has 1 aliphatic rings. The molecule has 5 nitrogen and oxygen atoms in total. The van der Waals surface area contributed by atoms with Crippen molar-refractivity contribution >= 4 is 22.0 Å². The molecule has 0 spiro atoms. The van der Waals surface area contributed by atoms with Crippen molar-refractivity contribution in [1.82, 2.24) is 9.21 Å². The van der Waals surface area contributed by atoms with E-state index in [4.69, 9.17) is 0 Å². The molecule has 1 fully saturated rings. The first-order valence-corrected chi connectivity index (χ1v) is 11.4. The summed E-state index contributed by atoms with van der Waals surface area (Å²) in [5.41, 5.74) is 4.19. The monoisotopic (exact) mass is 430 g/mol. The Hall–Kier alpha value is -2.51. The molecule has 2 aromatic rings. The molecule has 7 heteroatoms. The summed E-state index contributed by atoms with van der Waals surface area (Å²) in [4.78, 5) is 14.5. The van der Waals surface area contributed by atoms with Gasteiger partial charge in [0.05, 0.1) is 4.90 Å². The van der Waals surface area contributed by atoms with E-state index in [1.54, 1.807) is 23.1 Å². The second-order valence-corrected chi connectivity index (χ2v) is 9.58. The minimum atomic E-state index is -3.64. The topological polar surface area (TPSA) is 57.7 Å². The fourth-order valence-electron chi connectivity index (χ4n) is 3.69. The van der Waals surface area contributed by atoms with Gasteiger partial charge in [0.2, 0.25) is 15.9 Å². The summed E-state index contributed by atoms with van der Waals surface area (Å²) < 4.78 is 41.1. The molecule has 1 amide bonds. The van der Waals surface area contributed by atoms with Crippen molar-refractivity contribution in [3.63, 3.8) is 0 Å². The third-order valence-electron chi connectivity index (χ3n) is 5.73. The SMILES string of the molecule is Cc1cc(C)c(C)c(S(=O)(=O)N2CCN(C(=O)/C=C/c3ccc(F)cc3)CC2)c1C. The summed E-state index contributed by atoms with van der Waals surface area (Å²) >= 11 is 0. The van der Waals surface area contributed by atoms with Gasteiger partial charge in [-0.1, -0.05) is 18.2 Å². The second kappa shape index (κ2) is 8.70. The highest BCUT2D eigenvalue weighted by atomic mass is 32.2. The van der Waals surface area contributed by atoms with Gasteiger partial charge >= 0.3 is 0 Å². The van der Waals surface area contributed by atoms with Crippen LogP contribution < -0.4 is 0 Å². The van der Waals surface area contributed by atoms with E-state index in [0.29, 0.717) is 18.0 Å². The van der Waals surface area contributed by atoms with Gasteiger partial charge in [-0.05, 0) is 73.7 Å². The van der Waals surface area contributed by atoms with E-state index in [1.807, 2.05) is 33.8 Å². The van der Waals surface area contributed by atoms with Gasteiger partial charge in [0, 0.05) is 32.3 Å². The molecule has 3 rings (SSSR count). The molecular formula is C23H27FN2O3S. The summed E-state index contributed by atoms with van der Waals surface area (Å²) in [5, 5.41) is 0. The number of benzene rings is 2. The van der Waals surface area contributed by atoms with Crippen LogP contribution in [-0.2, 0) is 14.8 Å².